The molecule has 0 aliphatic heterocycles. The Hall–Kier alpha value is -3.26. The van der Waals surface area contributed by atoms with Gasteiger partial charge in [-0.3, -0.25) is 4.98 Å². The van der Waals surface area contributed by atoms with Crippen LogP contribution >= 0.6 is 0 Å². The number of anilines is 1. The molecule has 0 amide bonds. The minimum Gasteiger partial charge on any atom is -0.486 e. The van der Waals surface area contributed by atoms with Crippen LogP contribution in [0.1, 0.15) is 42.7 Å². The molecule has 2 fully saturated rings. The van der Waals surface area contributed by atoms with Crippen LogP contribution < -0.4 is 15.2 Å². The zero-order valence-electron chi connectivity index (χ0n) is 19.0. The zero-order valence-corrected chi connectivity index (χ0v) is 19.0. The van der Waals surface area contributed by atoms with Crippen molar-refractivity contribution in [2.45, 2.75) is 44.1 Å². The Labute approximate surface area is 197 Å². The number of pyridine rings is 1. The maximum absolute atomic E-state index is 12.8. The van der Waals surface area contributed by atoms with Gasteiger partial charge in [-0.15, -0.1) is 11.1 Å². The summed E-state index contributed by atoms with van der Waals surface area (Å²) in [7, 11) is 0. The number of hydrogen-bond donors (Lipinski definition) is 2. The van der Waals surface area contributed by atoms with Gasteiger partial charge in [0.1, 0.15) is 17.0 Å². The predicted octanol–water partition coefficient (Wildman–Crippen LogP) is 4.45. The number of ether oxygens (including phenoxy) is 1. The first kappa shape index (κ1) is 21.3. The van der Waals surface area contributed by atoms with E-state index in [1.807, 2.05) is 4.90 Å². The van der Waals surface area contributed by atoms with Crippen LogP contribution in [-0.4, -0.2) is 45.8 Å². The normalized spacial score (nSPS) is 20.1. The van der Waals surface area contributed by atoms with Crippen LogP contribution in [0.3, 0.4) is 0 Å². The number of benzene rings is 1. The van der Waals surface area contributed by atoms with E-state index in [2.05, 4.69) is 34.7 Å². The Morgan fingerprint density at radius 2 is 2.15 bits per heavy atom. The summed E-state index contributed by atoms with van der Waals surface area (Å²) < 4.78 is 19.2. The van der Waals surface area contributed by atoms with Gasteiger partial charge in [0.05, 0.1) is 11.5 Å². The van der Waals surface area contributed by atoms with Crippen molar-refractivity contribution >= 4 is 16.7 Å². The molecule has 3 aromatic rings. The quantitative estimate of drug-likeness (QED) is 0.341. The van der Waals surface area contributed by atoms with Crippen molar-refractivity contribution in [3.05, 3.63) is 48.2 Å². The lowest BCUT2D eigenvalue weighted by Crippen LogP contribution is -2.31. The molecule has 3 aliphatic rings. The number of halogens is 1. The Balaban J connectivity index is 1.51. The summed E-state index contributed by atoms with van der Waals surface area (Å²) in [5, 5.41) is 11.2. The topological polar surface area (TPSA) is 83.4 Å². The number of fused-ring (bicyclic) bond motifs is 4. The van der Waals surface area contributed by atoms with E-state index in [-0.39, 0.29) is 18.7 Å². The molecule has 0 spiro atoms. The molecule has 3 aliphatic carbocycles. The molecule has 2 saturated carbocycles. The molecular formula is C26H28FN5O2. The van der Waals surface area contributed by atoms with Gasteiger partial charge in [0.15, 0.2) is 5.75 Å². The van der Waals surface area contributed by atoms with Crippen molar-refractivity contribution in [2.75, 3.05) is 24.5 Å². The summed E-state index contributed by atoms with van der Waals surface area (Å²) in [4.78, 5) is 15.5. The van der Waals surface area contributed by atoms with E-state index in [4.69, 9.17) is 9.72 Å². The monoisotopic (exact) mass is 461 g/mol. The number of nitrogens with zero attached hydrogens (tertiary/aromatic N) is 4. The zero-order chi connectivity index (χ0) is 23.2. The van der Waals surface area contributed by atoms with E-state index in [1.165, 1.54) is 17.5 Å². The number of hydrogen-bond acceptors (Lipinski definition) is 7. The van der Waals surface area contributed by atoms with Crippen LogP contribution in [0.5, 0.6) is 11.8 Å². The highest BCUT2D eigenvalue weighted by atomic mass is 19.2. The minimum atomic E-state index is -0.336. The second kappa shape index (κ2) is 8.51. The first-order valence-electron chi connectivity index (χ1n) is 12.1. The van der Waals surface area contributed by atoms with Gasteiger partial charge >= 0.3 is 6.01 Å². The lowest BCUT2D eigenvalue weighted by Gasteiger charge is -2.24. The van der Waals surface area contributed by atoms with Crippen molar-refractivity contribution in [2.24, 2.45) is 5.92 Å². The van der Waals surface area contributed by atoms with E-state index in [0.717, 1.165) is 36.4 Å². The summed E-state index contributed by atoms with van der Waals surface area (Å²) in [6, 6.07) is 6.12. The molecular weight excluding hydrogens is 433 g/mol. The number of aromatic hydroxyl groups is 1. The van der Waals surface area contributed by atoms with Crippen LogP contribution in [0.2, 0.25) is 0 Å². The Kier molecular flexibility index (Phi) is 5.32. The van der Waals surface area contributed by atoms with Gasteiger partial charge in [0.2, 0.25) is 0 Å². The second-order valence-electron chi connectivity index (χ2n) is 9.49. The Morgan fingerprint density at radius 1 is 1.26 bits per heavy atom. The Morgan fingerprint density at radius 3 is 2.94 bits per heavy atom. The molecule has 0 bridgehead atoms. The SMILES string of the molecule is C=CCCN(CCNF)c1nc(O)nc2c(OC3CC3)c(-c3cccc4c3CC3CC43)ncc12. The van der Waals surface area contributed by atoms with Crippen LogP contribution in [0.4, 0.5) is 10.3 Å². The summed E-state index contributed by atoms with van der Waals surface area (Å²) in [5.74, 6) is 2.55. The maximum Gasteiger partial charge on any atom is 0.316 e. The molecule has 176 valence electrons. The summed E-state index contributed by atoms with van der Waals surface area (Å²) >= 11 is 0. The minimum absolute atomic E-state index is 0.124. The number of aromatic nitrogens is 3. The van der Waals surface area contributed by atoms with E-state index < -0.39 is 0 Å². The largest absolute Gasteiger partial charge is 0.486 e. The fraction of sp³-hybridized carbons (Fsp3) is 0.423. The molecule has 7 nitrogen and oxygen atoms in total. The number of nitrogens with one attached hydrogen (secondary N) is 1. The van der Waals surface area contributed by atoms with Crippen LogP contribution in [-0.2, 0) is 6.42 Å². The molecule has 34 heavy (non-hydrogen) atoms. The van der Waals surface area contributed by atoms with Gasteiger partial charge in [-0.25, -0.2) is 0 Å². The summed E-state index contributed by atoms with van der Waals surface area (Å²) in [6.45, 7) is 4.86. The standard InChI is InChI=1S/C26H28FN5O2/c1-2-3-10-32(11-9-29-27)25-21-14-28-22(18-6-4-5-17-19-12-15(19)13-20(17)18)24(34-16-7-8-16)23(21)30-26(33)31-25/h2,4-6,14-16,19,29H,1,3,7-13H2,(H,30,31,33). The molecule has 0 saturated heterocycles. The molecule has 2 aromatic heterocycles. The molecule has 0 radical (unpaired) electrons. The highest BCUT2D eigenvalue weighted by Gasteiger charge is 2.46. The third-order valence-corrected chi connectivity index (χ3v) is 7.11. The molecule has 2 unspecified atom stereocenters. The van der Waals surface area contributed by atoms with Gasteiger partial charge in [0.25, 0.3) is 0 Å². The molecule has 2 N–H and O–H groups in total. The lowest BCUT2D eigenvalue weighted by molar-refractivity contribution is 0.306. The van der Waals surface area contributed by atoms with Gasteiger partial charge in [-0.2, -0.15) is 15.5 Å². The third kappa shape index (κ3) is 3.76. The average Bonchev–Trinajstić information content (AvgIpc) is 3.77. The lowest BCUT2D eigenvalue weighted by atomic mass is 9.96. The maximum atomic E-state index is 12.8. The molecule has 1 aromatic carbocycles. The van der Waals surface area contributed by atoms with Gasteiger partial charge in [-0.05, 0) is 55.1 Å². The van der Waals surface area contributed by atoms with Crippen molar-refractivity contribution < 1.29 is 14.3 Å². The van der Waals surface area contributed by atoms with Crippen molar-refractivity contribution in [1.82, 2.24) is 20.5 Å². The van der Waals surface area contributed by atoms with Crippen LogP contribution in [0, 0.1) is 5.92 Å². The van der Waals surface area contributed by atoms with Crippen molar-refractivity contribution in [3.8, 4) is 23.0 Å². The van der Waals surface area contributed by atoms with Gasteiger partial charge < -0.3 is 14.7 Å². The third-order valence-electron chi connectivity index (χ3n) is 7.11. The Bertz CT molecular complexity index is 1260. The predicted molar refractivity (Wildman–Crippen MR) is 129 cm³/mol. The van der Waals surface area contributed by atoms with Crippen LogP contribution in [0.25, 0.3) is 22.2 Å². The molecule has 6 rings (SSSR count). The van der Waals surface area contributed by atoms with E-state index >= 15 is 0 Å². The molecule has 8 heteroatoms. The van der Waals surface area contributed by atoms with Gasteiger partial charge in [-0.1, -0.05) is 24.3 Å². The van der Waals surface area contributed by atoms with Crippen LogP contribution in [0.15, 0.2) is 37.1 Å². The van der Waals surface area contributed by atoms with Crippen molar-refractivity contribution in [3.63, 3.8) is 0 Å². The van der Waals surface area contributed by atoms with Crippen molar-refractivity contribution in [1.29, 1.82) is 0 Å². The number of rotatable bonds is 10. The second-order valence-corrected chi connectivity index (χ2v) is 9.49. The highest BCUT2D eigenvalue weighted by Crippen LogP contribution is 2.58. The summed E-state index contributed by atoms with van der Waals surface area (Å²) in [6.07, 6.45) is 8.72. The molecule has 2 atom stereocenters. The average molecular weight is 462 g/mol. The fourth-order valence-electron chi connectivity index (χ4n) is 5.20. The molecule has 2 heterocycles. The summed E-state index contributed by atoms with van der Waals surface area (Å²) in [5.41, 5.74) is 6.89. The fourth-order valence-corrected chi connectivity index (χ4v) is 5.20. The van der Waals surface area contributed by atoms with Gasteiger partial charge in [0, 0.05) is 31.4 Å². The smallest absolute Gasteiger partial charge is 0.316 e. The van der Waals surface area contributed by atoms with E-state index in [1.54, 1.807) is 17.8 Å². The first-order valence-corrected chi connectivity index (χ1v) is 12.1. The highest BCUT2D eigenvalue weighted by molar-refractivity contribution is 5.97. The van der Waals surface area contributed by atoms with E-state index in [0.29, 0.717) is 47.9 Å². The first-order chi connectivity index (χ1) is 16.7. The van der Waals surface area contributed by atoms with E-state index in [9.17, 15) is 9.59 Å².